The van der Waals surface area contributed by atoms with E-state index in [2.05, 4.69) is 15.8 Å². The molecule has 0 fully saturated rings. The van der Waals surface area contributed by atoms with Gasteiger partial charge in [0.2, 0.25) is 0 Å². The van der Waals surface area contributed by atoms with E-state index in [1.165, 1.54) is 60.0 Å². The van der Waals surface area contributed by atoms with Gasteiger partial charge in [0.05, 0.1) is 27.8 Å². The second-order valence-corrected chi connectivity index (χ2v) is 13.6. The molecule has 2 N–H and O–H groups in total. The average molecular weight is 768 g/mol. The maximum atomic E-state index is 13.0. The van der Waals surface area contributed by atoms with Crippen molar-refractivity contribution >= 4 is 113 Å². The van der Waals surface area contributed by atoms with Crippen LogP contribution in [0.5, 0.6) is 11.5 Å². The Morgan fingerprint density at radius 3 is 2.24 bits per heavy atom. The fourth-order valence-corrected chi connectivity index (χ4v) is 7.82. The number of nitrogens with zero attached hydrogens (tertiary/aromatic N) is 2. The highest BCUT2D eigenvalue weighted by molar-refractivity contribution is 7.22. The summed E-state index contributed by atoms with van der Waals surface area (Å²) in [5, 5.41) is 20.1. The smallest absolute Gasteiger partial charge is 0.355 e. The lowest BCUT2D eigenvalue weighted by Gasteiger charge is -2.11. The van der Waals surface area contributed by atoms with Crippen molar-refractivity contribution in [3.63, 3.8) is 0 Å². The van der Waals surface area contributed by atoms with Crippen LogP contribution in [0.25, 0.3) is 20.2 Å². The molecule has 11 nitrogen and oxygen atoms in total. The first-order valence-electron chi connectivity index (χ1n) is 14.5. The lowest BCUT2D eigenvalue weighted by molar-refractivity contribution is -0.384. The molecular formula is C34H21Cl3N4O7S2. The lowest BCUT2D eigenvalue weighted by Crippen LogP contribution is -2.17. The summed E-state index contributed by atoms with van der Waals surface area (Å²) in [5.74, 6) is -1.19. The van der Waals surface area contributed by atoms with Gasteiger partial charge in [-0.25, -0.2) is 10.2 Å². The molecule has 252 valence electrons. The van der Waals surface area contributed by atoms with Gasteiger partial charge in [0.15, 0.2) is 11.5 Å². The van der Waals surface area contributed by atoms with Crippen molar-refractivity contribution in [1.29, 1.82) is 0 Å². The van der Waals surface area contributed by atoms with Crippen molar-refractivity contribution < 1.29 is 28.8 Å². The zero-order valence-corrected chi connectivity index (χ0v) is 29.4. The van der Waals surface area contributed by atoms with Crippen molar-refractivity contribution in [1.82, 2.24) is 5.43 Å². The van der Waals surface area contributed by atoms with Crippen LogP contribution in [0.15, 0.2) is 84.0 Å². The van der Waals surface area contributed by atoms with E-state index in [0.29, 0.717) is 38.4 Å². The van der Waals surface area contributed by atoms with Crippen LogP contribution < -0.4 is 20.2 Å². The van der Waals surface area contributed by atoms with Gasteiger partial charge in [-0.1, -0.05) is 40.9 Å². The summed E-state index contributed by atoms with van der Waals surface area (Å²) in [7, 11) is 0. The molecule has 0 saturated carbocycles. The lowest BCUT2D eigenvalue weighted by atomic mass is 10.2. The number of carbonyl (C=O) groups excluding carboxylic acids is 3. The first-order valence-corrected chi connectivity index (χ1v) is 17.3. The number of esters is 1. The van der Waals surface area contributed by atoms with Gasteiger partial charge in [0.25, 0.3) is 17.5 Å². The Morgan fingerprint density at radius 1 is 0.840 bits per heavy atom. The SMILES string of the molecule is CCOc1cc(/C=N\NC(=O)c2ccc(NC(=O)c3sc4cc([N+](=O)[O-])ccc4c3Cl)cc2)ccc1OC(=O)c1sc2cc(Cl)ccc2c1Cl. The van der Waals surface area contributed by atoms with E-state index in [1.807, 2.05) is 0 Å². The molecule has 2 amide bonds. The minimum Gasteiger partial charge on any atom is -0.490 e. The number of carbonyl (C=O) groups is 3. The van der Waals surface area contributed by atoms with Gasteiger partial charge < -0.3 is 14.8 Å². The predicted octanol–water partition coefficient (Wildman–Crippen LogP) is 9.62. The summed E-state index contributed by atoms with van der Waals surface area (Å²) >= 11 is 21.1. The molecule has 4 aromatic carbocycles. The van der Waals surface area contributed by atoms with Crippen LogP contribution in [0.3, 0.4) is 0 Å². The molecule has 0 spiro atoms. The van der Waals surface area contributed by atoms with E-state index < -0.39 is 22.7 Å². The number of hydrazone groups is 1. The van der Waals surface area contributed by atoms with Crippen LogP contribution in [-0.2, 0) is 0 Å². The first-order chi connectivity index (χ1) is 24.0. The topological polar surface area (TPSA) is 149 Å². The third-order valence-corrected chi connectivity index (χ3v) is 10.6. The number of fused-ring (bicyclic) bond motifs is 2. The summed E-state index contributed by atoms with van der Waals surface area (Å²) in [6.07, 6.45) is 1.40. The molecular weight excluding hydrogens is 747 g/mol. The van der Waals surface area contributed by atoms with Gasteiger partial charge in [-0.2, -0.15) is 5.10 Å². The van der Waals surface area contributed by atoms with Crippen LogP contribution in [0.1, 0.15) is 42.2 Å². The number of nitro groups is 1. The highest BCUT2D eigenvalue weighted by atomic mass is 35.5. The van der Waals surface area contributed by atoms with E-state index in [9.17, 15) is 24.5 Å². The van der Waals surface area contributed by atoms with E-state index in [-0.39, 0.29) is 42.5 Å². The van der Waals surface area contributed by atoms with Crippen molar-refractivity contribution in [3.05, 3.63) is 125 Å². The maximum Gasteiger partial charge on any atom is 0.355 e. The number of thiophene rings is 2. The van der Waals surface area contributed by atoms with E-state index >= 15 is 0 Å². The Balaban J connectivity index is 1.08. The number of non-ortho nitro benzene ring substituents is 1. The Kier molecular flexibility index (Phi) is 10.3. The number of halogens is 3. The van der Waals surface area contributed by atoms with Crippen molar-refractivity contribution in [2.75, 3.05) is 11.9 Å². The third kappa shape index (κ3) is 7.42. The minimum absolute atomic E-state index is 0.103. The monoisotopic (exact) mass is 766 g/mol. The molecule has 16 heteroatoms. The Hall–Kier alpha value is -5.05. The molecule has 0 aliphatic rings. The summed E-state index contributed by atoms with van der Waals surface area (Å²) < 4.78 is 12.6. The van der Waals surface area contributed by atoms with E-state index in [0.717, 1.165) is 16.0 Å². The fourth-order valence-electron chi connectivity index (χ4n) is 4.71. The highest BCUT2D eigenvalue weighted by Crippen LogP contribution is 2.39. The van der Waals surface area contributed by atoms with Gasteiger partial charge in [0.1, 0.15) is 9.75 Å². The number of hydrogen-bond acceptors (Lipinski definition) is 10. The van der Waals surface area contributed by atoms with Gasteiger partial charge in [-0.3, -0.25) is 19.7 Å². The molecule has 0 radical (unpaired) electrons. The van der Waals surface area contributed by atoms with Crippen LogP contribution in [-0.4, -0.2) is 35.5 Å². The Bertz CT molecular complexity index is 2360. The number of benzene rings is 4. The molecule has 0 atom stereocenters. The second-order valence-electron chi connectivity index (χ2n) is 10.3. The second kappa shape index (κ2) is 14.8. The Labute approximate surface area is 306 Å². The summed E-state index contributed by atoms with van der Waals surface area (Å²) in [4.78, 5) is 49.7. The van der Waals surface area contributed by atoms with Crippen LogP contribution in [0, 0.1) is 10.1 Å². The number of amides is 2. The van der Waals surface area contributed by atoms with Crippen molar-refractivity contribution in [2.45, 2.75) is 6.92 Å². The zero-order valence-electron chi connectivity index (χ0n) is 25.5. The summed E-state index contributed by atoms with van der Waals surface area (Å²) in [6.45, 7) is 2.08. The van der Waals surface area contributed by atoms with E-state index in [1.54, 1.807) is 43.3 Å². The first kappa shape index (κ1) is 34.8. The standard InChI is InChI=1S/C34H21Cl3N4O7S2/c1-2-47-25-13-17(3-12-24(25)48-34(44)31-29(37)22-10-6-19(35)14-26(22)50-31)16-38-40-32(42)18-4-7-20(8-5-18)39-33(43)30-28(36)23-11-9-21(41(45)46)15-27(23)49-30/h3-16H,2H2,1H3,(H,39,43)(H,40,42)/b38-16-. The van der Waals surface area contributed by atoms with Gasteiger partial charge in [-0.05, 0) is 73.2 Å². The molecule has 50 heavy (non-hydrogen) atoms. The Morgan fingerprint density at radius 2 is 1.52 bits per heavy atom. The number of nitrogens with one attached hydrogen (secondary N) is 2. The predicted molar refractivity (Wildman–Crippen MR) is 197 cm³/mol. The largest absolute Gasteiger partial charge is 0.490 e. The van der Waals surface area contributed by atoms with Crippen molar-refractivity contribution in [2.24, 2.45) is 5.10 Å². The molecule has 2 heterocycles. The average Bonchev–Trinajstić information content (AvgIpc) is 3.61. The number of ether oxygens (including phenoxy) is 2. The third-order valence-electron chi connectivity index (χ3n) is 7.06. The van der Waals surface area contributed by atoms with E-state index in [4.69, 9.17) is 44.3 Å². The van der Waals surface area contributed by atoms with Crippen LogP contribution in [0.4, 0.5) is 11.4 Å². The van der Waals surface area contributed by atoms with Gasteiger partial charge >= 0.3 is 5.97 Å². The fraction of sp³-hybridized carbons (Fsp3) is 0.0588. The molecule has 0 aliphatic carbocycles. The molecule has 0 saturated heterocycles. The molecule has 0 aliphatic heterocycles. The highest BCUT2D eigenvalue weighted by Gasteiger charge is 2.22. The summed E-state index contributed by atoms with van der Waals surface area (Å²) in [5.41, 5.74) is 3.56. The molecule has 0 unspecified atom stereocenters. The summed E-state index contributed by atoms with van der Waals surface area (Å²) in [6, 6.07) is 20.2. The van der Waals surface area contributed by atoms with Crippen molar-refractivity contribution in [3.8, 4) is 11.5 Å². The number of nitro benzene ring substituents is 1. The minimum atomic E-state index is -0.648. The van der Waals surface area contributed by atoms with Crippen LogP contribution in [0.2, 0.25) is 15.1 Å². The molecule has 6 rings (SSSR count). The number of rotatable bonds is 10. The number of anilines is 1. The number of hydrogen-bond donors (Lipinski definition) is 2. The quantitative estimate of drug-likeness (QED) is 0.0464. The van der Waals surface area contributed by atoms with Gasteiger partial charge in [-0.15, -0.1) is 22.7 Å². The maximum absolute atomic E-state index is 13.0. The molecule has 2 aromatic heterocycles. The molecule has 0 bridgehead atoms. The van der Waals surface area contributed by atoms with Gasteiger partial charge in [0, 0.05) is 48.6 Å². The normalized spacial score (nSPS) is 11.2. The molecule has 6 aromatic rings. The zero-order chi connectivity index (χ0) is 35.5. The van der Waals surface area contributed by atoms with Crippen LogP contribution >= 0.6 is 57.5 Å².